The summed E-state index contributed by atoms with van der Waals surface area (Å²) >= 11 is 0. The number of para-hydroxylation sites is 1. The maximum Gasteiger partial charge on any atom is 0.196 e. The molecule has 0 bridgehead atoms. The molecule has 0 spiro atoms. The number of benzene rings is 2. The molecule has 0 aliphatic carbocycles. The standard InChI is InChI=1S/C18H19N3/c19-18(21-13-7-2-8-14-21)20-17-12-6-5-11-16(17)15-9-3-1-4-10-15/h1-7,9-12H,8,13-14H2,(H2,19,20). The van der Waals surface area contributed by atoms with Gasteiger partial charge in [0.05, 0.1) is 5.69 Å². The molecular formula is C18H19N3. The molecule has 0 saturated heterocycles. The van der Waals surface area contributed by atoms with Crippen molar-refractivity contribution in [2.24, 2.45) is 10.7 Å². The SMILES string of the molecule is NC(=Nc1ccccc1-c1ccccc1)N1CC=CCC1. The molecule has 1 aliphatic rings. The Hall–Kier alpha value is -2.55. The summed E-state index contributed by atoms with van der Waals surface area (Å²) in [6.45, 7) is 1.77. The Morgan fingerprint density at radius 2 is 1.71 bits per heavy atom. The second-order valence-electron chi connectivity index (χ2n) is 5.06. The molecule has 0 saturated carbocycles. The van der Waals surface area contributed by atoms with Gasteiger partial charge in [-0.05, 0) is 18.1 Å². The molecule has 106 valence electrons. The van der Waals surface area contributed by atoms with Gasteiger partial charge in [0, 0.05) is 18.7 Å². The van der Waals surface area contributed by atoms with E-state index in [1.54, 1.807) is 0 Å². The molecule has 3 heteroatoms. The molecule has 0 fully saturated rings. The zero-order chi connectivity index (χ0) is 14.5. The molecule has 2 aromatic rings. The van der Waals surface area contributed by atoms with Gasteiger partial charge in [-0.3, -0.25) is 0 Å². The Morgan fingerprint density at radius 1 is 0.952 bits per heavy atom. The van der Waals surface area contributed by atoms with Gasteiger partial charge in [-0.1, -0.05) is 60.7 Å². The van der Waals surface area contributed by atoms with Gasteiger partial charge in [-0.15, -0.1) is 0 Å². The fourth-order valence-corrected chi connectivity index (χ4v) is 2.48. The van der Waals surface area contributed by atoms with E-state index in [1.807, 2.05) is 36.4 Å². The van der Waals surface area contributed by atoms with E-state index in [9.17, 15) is 0 Å². The Morgan fingerprint density at radius 3 is 2.48 bits per heavy atom. The van der Waals surface area contributed by atoms with Crippen LogP contribution in [-0.2, 0) is 0 Å². The van der Waals surface area contributed by atoms with Crippen molar-refractivity contribution in [1.29, 1.82) is 0 Å². The van der Waals surface area contributed by atoms with Crippen LogP contribution in [-0.4, -0.2) is 23.9 Å². The van der Waals surface area contributed by atoms with Crippen LogP contribution in [0.4, 0.5) is 5.69 Å². The lowest BCUT2D eigenvalue weighted by Crippen LogP contribution is -2.39. The van der Waals surface area contributed by atoms with E-state index in [2.05, 4.69) is 40.2 Å². The smallest absolute Gasteiger partial charge is 0.196 e. The van der Waals surface area contributed by atoms with Crippen molar-refractivity contribution in [3.63, 3.8) is 0 Å². The first-order valence-corrected chi connectivity index (χ1v) is 7.23. The summed E-state index contributed by atoms with van der Waals surface area (Å²) in [5, 5.41) is 0. The van der Waals surface area contributed by atoms with Crippen molar-refractivity contribution >= 4 is 11.6 Å². The monoisotopic (exact) mass is 277 g/mol. The summed E-state index contributed by atoms with van der Waals surface area (Å²) in [4.78, 5) is 6.74. The number of aliphatic imine (C=N–C) groups is 1. The third-order valence-electron chi connectivity index (χ3n) is 3.61. The first kappa shape index (κ1) is 13.4. The number of nitrogens with two attached hydrogens (primary N) is 1. The van der Waals surface area contributed by atoms with Crippen LogP contribution in [0.5, 0.6) is 0 Å². The lowest BCUT2D eigenvalue weighted by Gasteiger charge is -2.24. The number of guanidine groups is 1. The average Bonchev–Trinajstić information content (AvgIpc) is 2.57. The van der Waals surface area contributed by atoms with E-state index in [-0.39, 0.29) is 0 Å². The fraction of sp³-hybridized carbons (Fsp3) is 0.167. The summed E-state index contributed by atoms with van der Waals surface area (Å²) in [6.07, 6.45) is 5.34. The molecule has 3 nitrogen and oxygen atoms in total. The van der Waals surface area contributed by atoms with Gasteiger partial charge in [-0.2, -0.15) is 0 Å². The molecule has 0 atom stereocenters. The number of rotatable bonds is 2. The summed E-state index contributed by atoms with van der Waals surface area (Å²) in [5.74, 6) is 0.586. The van der Waals surface area contributed by atoms with E-state index < -0.39 is 0 Å². The van der Waals surface area contributed by atoms with Crippen molar-refractivity contribution < 1.29 is 0 Å². The lowest BCUT2D eigenvalue weighted by molar-refractivity contribution is 0.449. The molecule has 0 radical (unpaired) electrons. The molecule has 3 rings (SSSR count). The number of hydrogen-bond donors (Lipinski definition) is 1. The fourth-order valence-electron chi connectivity index (χ4n) is 2.48. The Balaban J connectivity index is 1.94. The Kier molecular flexibility index (Phi) is 4.01. The van der Waals surface area contributed by atoms with E-state index in [0.717, 1.165) is 36.3 Å². The normalized spacial score (nSPS) is 15.2. The van der Waals surface area contributed by atoms with E-state index >= 15 is 0 Å². The highest BCUT2D eigenvalue weighted by molar-refractivity contribution is 5.85. The molecule has 0 amide bonds. The average molecular weight is 277 g/mol. The molecule has 2 N–H and O–H groups in total. The van der Waals surface area contributed by atoms with Crippen LogP contribution in [0.25, 0.3) is 11.1 Å². The van der Waals surface area contributed by atoms with Gasteiger partial charge in [0.1, 0.15) is 0 Å². The molecule has 0 unspecified atom stereocenters. The molecule has 1 heterocycles. The van der Waals surface area contributed by atoms with Crippen molar-refractivity contribution in [2.45, 2.75) is 6.42 Å². The third kappa shape index (κ3) is 3.14. The van der Waals surface area contributed by atoms with Crippen LogP contribution in [0.3, 0.4) is 0 Å². The van der Waals surface area contributed by atoms with Gasteiger partial charge >= 0.3 is 0 Å². The van der Waals surface area contributed by atoms with Gasteiger partial charge in [0.25, 0.3) is 0 Å². The largest absolute Gasteiger partial charge is 0.369 e. The third-order valence-corrected chi connectivity index (χ3v) is 3.61. The number of hydrogen-bond acceptors (Lipinski definition) is 1. The van der Waals surface area contributed by atoms with E-state index in [1.165, 1.54) is 0 Å². The highest BCUT2D eigenvalue weighted by atomic mass is 15.2. The highest BCUT2D eigenvalue weighted by Gasteiger charge is 2.10. The summed E-state index contributed by atoms with van der Waals surface area (Å²) in [6, 6.07) is 18.4. The van der Waals surface area contributed by atoms with Crippen LogP contribution in [0, 0.1) is 0 Å². The lowest BCUT2D eigenvalue weighted by atomic mass is 10.0. The summed E-state index contributed by atoms with van der Waals surface area (Å²) < 4.78 is 0. The maximum absolute atomic E-state index is 6.17. The highest BCUT2D eigenvalue weighted by Crippen LogP contribution is 2.29. The van der Waals surface area contributed by atoms with Crippen molar-refractivity contribution in [3.05, 3.63) is 66.7 Å². The van der Waals surface area contributed by atoms with Crippen molar-refractivity contribution in [2.75, 3.05) is 13.1 Å². The minimum atomic E-state index is 0.586. The second kappa shape index (κ2) is 6.27. The Labute approximate surface area is 125 Å². The quantitative estimate of drug-likeness (QED) is 0.518. The molecular weight excluding hydrogens is 258 g/mol. The molecule has 2 aromatic carbocycles. The second-order valence-corrected chi connectivity index (χ2v) is 5.06. The summed E-state index contributed by atoms with van der Waals surface area (Å²) in [7, 11) is 0. The van der Waals surface area contributed by atoms with Gasteiger partial charge in [0.15, 0.2) is 5.96 Å². The van der Waals surface area contributed by atoms with Crippen LogP contribution in [0.1, 0.15) is 6.42 Å². The topological polar surface area (TPSA) is 41.6 Å². The zero-order valence-electron chi connectivity index (χ0n) is 11.9. The van der Waals surface area contributed by atoms with Crippen LogP contribution < -0.4 is 5.73 Å². The minimum Gasteiger partial charge on any atom is -0.369 e. The maximum atomic E-state index is 6.17. The van der Waals surface area contributed by atoms with Crippen molar-refractivity contribution in [1.82, 2.24) is 4.90 Å². The van der Waals surface area contributed by atoms with Crippen LogP contribution in [0.2, 0.25) is 0 Å². The number of nitrogens with zero attached hydrogens (tertiary/aromatic N) is 2. The Bertz CT molecular complexity index is 659. The zero-order valence-corrected chi connectivity index (χ0v) is 11.9. The van der Waals surface area contributed by atoms with Gasteiger partial charge < -0.3 is 10.6 Å². The minimum absolute atomic E-state index is 0.586. The van der Waals surface area contributed by atoms with E-state index in [0.29, 0.717) is 5.96 Å². The molecule has 21 heavy (non-hydrogen) atoms. The first-order chi connectivity index (χ1) is 10.3. The van der Waals surface area contributed by atoms with Crippen molar-refractivity contribution in [3.8, 4) is 11.1 Å². The van der Waals surface area contributed by atoms with E-state index in [4.69, 9.17) is 5.73 Å². The predicted octanol–water partition coefficient (Wildman–Crippen LogP) is 3.56. The van der Waals surface area contributed by atoms with Crippen LogP contribution >= 0.6 is 0 Å². The summed E-state index contributed by atoms with van der Waals surface area (Å²) in [5.41, 5.74) is 9.34. The van der Waals surface area contributed by atoms with Gasteiger partial charge in [-0.25, -0.2) is 4.99 Å². The predicted molar refractivity (Wildman–Crippen MR) is 88.5 cm³/mol. The van der Waals surface area contributed by atoms with Crippen LogP contribution in [0.15, 0.2) is 71.7 Å². The molecule has 0 aromatic heterocycles. The first-order valence-electron chi connectivity index (χ1n) is 7.23. The van der Waals surface area contributed by atoms with Gasteiger partial charge in [0.2, 0.25) is 0 Å². The molecule has 1 aliphatic heterocycles.